The van der Waals surface area contributed by atoms with Crippen LogP contribution in [0.3, 0.4) is 0 Å². The standard InChI is InChI=1S/C13H20N2S/c1-15-7-6-14-9-11(15)13-8-10-4-2-3-5-12(10)16-13/h8,11,14H,2-7,9H2,1H3. The molecule has 1 fully saturated rings. The summed E-state index contributed by atoms with van der Waals surface area (Å²) in [6.45, 7) is 3.43. The van der Waals surface area contributed by atoms with Crippen molar-refractivity contribution in [2.24, 2.45) is 0 Å². The largest absolute Gasteiger partial charge is 0.314 e. The van der Waals surface area contributed by atoms with Crippen molar-refractivity contribution >= 4 is 11.3 Å². The first kappa shape index (κ1) is 10.8. The Morgan fingerprint density at radius 2 is 2.25 bits per heavy atom. The fraction of sp³-hybridized carbons (Fsp3) is 0.692. The first-order valence-corrected chi connectivity index (χ1v) is 7.18. The molecule has 1 aliphatic heterocycles. The number of likely N-dealkylation sites (N-methyl/N-ethyl adjacent to an activating group) is 1. The predicted molar refractivity (Wildman–Crippen MR) is 69.2 cm³/mol. The quantitative estimate of drug-likeness (QED) is 0.804. The number of rotatable bonds is 1. The third-order valence-electron chi connectivity index (χ3n) is 3.86. The summed E-state index contributed by atoms with van der Waals surface area (Å²) >= 11 is 2.06. The highest BCUT2D eigenvalue weighted by atomic mass is 32.1. The van der Waals surface area contributed by atoms with Gasteiger partial charge in [-0.2, -0.15) is 0 Å². The van der Waals surface area contributed by atoms with Crippen LogP contribution in [-0.4, -0.2) is 31.6 Å². The van der Waals surface area contributed by atoms with Crippen molar-refractivity contribution in [2.45, 2.75) is 31.7 Å². The molecule has 0 bridgehead atoms. The lowest BCUT2D eigenvalue weighted by molar-refractivity contribution is 0.205. The van der Waals surface area contributed by atoms with Gasteiger partial charge in [0.1, 0.15) is 0 Å². The van der Waals surface area contributed by atoms with E-state index in [-0.39, 0.29) is 0 Å². The van der Waals surface area contributed by atoms with Crippen molar-refractivity contribution in [1.29, 1.82) is 0 Å². The molecule has 1 atom stereocenters. The molecule has 88 valence electrons. The Morgan fingerprint density at radius 1 is 1.38 bits per heavy atom. The van der Waals surface area contributed by atoms with Gasteiger partial charge in [-0.05, 0) is 44.4 Å². The Kier molecular flexibility index (Phi) is 3.01. The van der Waals surface area contributed by atoms with Crippen LogP contribution < -0.4 is 5.32 Å². The first-order chi connectivity index (χ1) is 7.84. The van der Waals surface area contributed by atoms with Crippen molar-refractivity contribution in [3.63, 3.8) is 0 Å². The zero-order valence-corrected chi connectivity index (χ0v) is 10.8. The van der Waals surface area contributed by atoms with Crippen LogP contribution in [0, 0.1) is 0 Å². The summed E-state index contributed by atoms with van der Waals surface area (Å²) in [5.41, 5.74) is 1.64. The molecule has 1 aliphatic carbocycles. The summed E-state index contributed by atoms with van der Waals surface area (Å²) in [5, 5.41) is 3.51. The Morgan fingerprint density at radius 3 is 3.06 bits per heavy atom. The van der Waals surface area contributed by atoms with Gasteiger partial charge < -0.3 is 5.32 Å². The SMILES string of the molecule is CN1CCNCC1c1cc2c(s1)CCCC2. The van der Waals surface area contributed by atoms with Gasteiger partial charge in [-0.3, -0.25) is 4.90 Å². The Balaban J connectivity index is 1.85. The van der Waals surface area contributed by atoms with E-state index in [9.17, 15) is 0 Å². The Labute approximate surface area is 102 Å². The summed E-state index contributed by atoms with van der Waals surface area (Å²) in [5.74, 6) is 0. The summed E-state index contributed by atoms with van der Waals surface area (Å²) in [6.07, 6.45) is 5.42. The second kappa shape index (κ2) is 4.47. The monoisotopic (exact) mass is 236 g/mol. The molecule has 3 heteroatoms. The summed E-state index contributed by atoms with van der Waals surface area (Å²) < 4.78 is 0. The van der Waals surface area contributed by atoms with Gasteiger partial charge in [-0.25, -0.2) is 0 Å². The molecule has 3 rings (SSSR count). The molecular formula is C13H20N2S. The lowest BCUT2D eigenvalue weighted by Crippen LogP contribution is -2.43. The number of fused-ring (bicyclic) bond motifs is 1. The van der Waals surface area contributed by atoms with Crippen LogP contribution >= 0.6 is 11.3 Å². The minimum atomic E-state index is 0.615. The summed E-state index contributed by atoms with van der Waals surface area (Å²) in [6, 6.07) is 3.09. The van der Waals surface area contributed by atoms with Crippen LogP contribution in [0.25, 0.3) is 0 Å². The van der Waals surface area contributed by atoms with Crippen molar-refractivity contribution < 1.29 is 0 Å². The van der Waals surface area contributed by atoms with E-state index in [4.69, 9.17) is 0 Å². The van der Waals surface area contributed by atoms with Gasteiger partial charge in [0.15, 0.2) is 0 Å². The van der Waals surface area contributed by atoms with Crippen molar-refractivity contribution in [2.75, 3.05) is 26.7 Å². The van der Waals surface area contributed by atoms with Crippen LogP contribution in [0.4, 0.5) is 0 Å². The van der Waals surface area contributed by atoms with E-state index in [0.717, 1.165) is 13.1 Å². The maximum Gasteiger partial charge on any atom is 0.0564 e. The minimum Gasteiger partial charge on any atom is -0.314 e. The molecular weight excluding hydrogens is 216 g/mol. The van der Waals surface area contributed by atoms with Gasteiger partial charge in [-0.1, -0.05) is 0 Å². The minimum absolute atomic E-state index is 0.615. The zero-order chi connectivity index (χ0) is 11.0. The topological polar surface area (TPSA) is 15.3 Å². The van der Waals surface area contributed by atoms with E-state index < -0.39 is 0 Å². The fourth-order valence-corrected chi connectivity index (χ4v) is 4.23. The van der Waals surface area contributed by atoms with Crippen LogP contribution in [-0.2, 0) is 12.8 Å². The molecule has 1 N–H and O–H groups in total. The van der Waals surface area contributed by atoms with Gasteiger partial charge in [0.25, 0.3) is 0 Å². The van der Waals surface area contributed by atoms with E-state index in [0.29, 0.717) is 6.04 Å². The molecule has 1 aromatic heterocycles. The van der Waals surface area contributed by atoms with Crippen LogP contribution in [0.1, 0.15) is 34.2 Å². The molecule has 1 unspecified atom stereocenters. The third-order valence-corrected chi connectivity index (χ3v) is 5.19. The predicted octanol–water partition coefficient (Wildman–Crippen LogP) is 2.20. The molecule has 1 saturated heterocycles. The highest BCUT2D eigenvalue weighted by Crippen LogP contribution is 2.34. The second-order valence-corrected chi connectivity index (χ2v) is 6.17. The Bertz CT molecular complexity index is 349. The fourth-order valence-electron chi connectivity index (χ4n) is 2.80. The number of piperazine rings is 1. The number of aryl methyl sites for hydroxylation is 2. The van der Waals surface area contributed by atoms with Crippen molar-refractivity contribution in [1.82, 2.24) is 10.2 Å². The van der Waals surface area contributed by atoms with Crippen LogP contribution in [0.15, 0.2) is 6.07 Å². The molecule has 16 heavy (non-hydrogen) atoms. The molecule has 2 heterocycles. The molecule has 0 radical (unpaired) electrons. The van der Waals surface area contributed by atoms with E-state index in [2.05, 4.69) is 34.7 Å². The van der Waals surface area contributed by atoms with Crippen LogP contribution in [0.2, 0.25) is 0 Å². The van der Waals surface area contributed by atoms with Gasteiger partial charge in [0.05, 0.1) is 6.04 Å². The van der Waals surface area contributed by atoms with Gasteiger partial charge in [0, 0.05) is 29.4 Å². The van der Waals surface area contributed by atoms with E-state index in [1.165, 1.54) is 32.2 Å². The lowest BCUT2D eigenvalue weighted by atomic mass is 9.98. The number of nitrogens with zero attached hydrogens (tertiary/aromatic N) is 1. The number of hydrogen-bond acceptors (Lipinski definition) is 3. The highest BCUT2D eigenvalue weighted by Gasteiger charge is 2.24. The maximum atomic E-state index is 3.51. The van der Waals surface area contributed by atoms with E-state index in [1.807, 2.05) is 0 Å². The average molecular weight is 236 g/mol. The third kappa shape index (κ3) is 1.92. The molecule has 1 aromatic rings. The van der Waals surface area contributed by atoms with Crippen molar-refractivity contribution in [3.05, 3.63) is 21.4 Å². The molecule has 0 saturated carbocycles. The maximum absolute atomic E-state index is 3.51. The first-order valence-electron chi connectivity index (χ1n) is 6.37. The van der Waals surface area contributed by atoms with Gasteiger partial charge in [0.2, 0.25) is 0 Å². The van der Waals surface area contributed by atoms with E-state index in [1.54, 1.807) is 15.3 Å². The zero-order valence-electron chi connectivity index (χ0n) is 9.96. The number of hydrogen-bond donors (Lipinski definition) is 1. The molecule has 2 aliphatic rings. The highest BCUT2D eigenvalue weighted by molar-refractivity contribution is 7.12. The van der Waals surface area contributed by atoms with Gasteiger partial charge >= 0.3 is 0 Å². The molecule has 0 spiro atoms. The Hall–Kier alpha value is -0.380. The molecule has 0 amide bonds. The van der Waals surface area contributed by atoms with Crippen molar-refractivity contribution in [3.8, 4) is 0 Å². The van der Waals surface area contributed by atoms with Crippen LogP contribution in [0.5, 0.6) is 0 Å². The summed E-state index contributed by atoms with van der Waals surface area (Å²) in [7, 11) is 2.25. The normalized spacial score (nSPS) is 26.7. The second-order valence-electron chi connectivity index (χ2n) is 5.00. The lowest BCUT2D eigenvalue weighted by Gasteiger charge is -2.32. The smallest absolute Gasteiger partial charge is 0.0564 e. The molecule has 0 aromatic carbocycles. The van der Waals surface area contributed by atoms with Gasteiger partial charge in [-0.15, -0.1) is 11.3 Å². The molecule has 2 nitrogen and oxygen atoms in total. The number of nitrogens with one attached hydrogen (secondary N) is 1. The summed E-state index contributed by atoms with van der Waals surface area (Å²) in [4.78, 5) is 5.75. The van der Waals surface area contributed by atoms with E-state index >= 15 is 0 Å². The average Bonchev–Trinajstić information content (AvgIpc) is 2.73. The number of thiophene rings is 1.